The molecule has 0 amide bonds. The summed E-state index contributed by atoms with van der Waals surface area (Å²) in [6, 6.07) is 18.9. The summed E-state index contributed by atoms with van der Waals surface area (Å²) in [7, 11) is 4.09. The summed E-state index contributed by atoms with van der Waals surface area (Å²) in [5, 5.41) is 0. The van der Waals surface area contributed by atoms with Crippen LogP contribution >= 0.6 is 22.6 Å². The molecule has 0 aliphatic carbocycles. The van der Waals surface area contributed by atoms with Crippen molar-refractivity contribution >= 4 is 40.2 Å². The van der Waals surface area contributed by atoms with Gasteiger partial charge in [0.25, 0.3) is 0 Å². The van der Waals surface area contributed by atoms with Gasteiger partial charge in [0, 0.05) is 35.2 Å². The minimum atomic E-state index is 0.976. The molecule has 122 valence electrons. The zero-order valence-electron chi connectivity index (χ0n) is 14.1. The van der Waals surface area contributed by atoms with Gasteiger partial charge in [-0.3, -0.25) is 4.99 Å². The molecule has 0 saturated carbocycles. The van der Waals surface area contributed by atoms with E-state index in [0.29, 0.717) is 0 Å². The van der Waals surface area contributed by atoms with Gasteiger partial charge in [0.1, 0.15) is 0 Å². The maximum absolute atomic E-state index is 4.63. The Labute approximate surface area is 156 Å². The van der Waals surface area contributed by atoms with Crippen molar-refractivity contribution in [1.29, 1.82) is 0 Å². The van der Waals surface area contributed by atoms with E-state index < -0.39 is 0 Å². The molecule has 3 rings (SSSR count). The summed E-state index contributed by atoms with van der Waals surface area (Å²) >= 11 is 2.34. The first-order valence-electron chi connectivity index (χ1n) is 7.80. The van der Waals surface area contributed by atoms with Crippen LogP contribution in [0.15, 0.2) is 65.8 Å². The van der Waals surface area contributed by atoms with Gasteiger partial charge >= 0.3 is 0 Å². The van der Waals surface area contributed by atoms with Crippen LogP contribution in [0.4, 0.5) is 11.4 Å². The van der Waals surface area contributed by atoms with Gasteiger partial charge in [-0.15, -0.1) is 0 Å². The lowest BCUT2D eigenvalue weighted by Crippen LogP contribution is -2.08. The van der Waals surface area contributed by atoms with Gasteiger partial charge in [0.15, 0.2) is 0 Å². The van der Waals surface area contributed by atoms with E-state index in [1.807, 2.05) is 32.4 Å². The summed E-state index contributed by atoms with van der Waals surface area (Å²) in [6.07, 6.45) is 3.98. The normalized spacial score (nSPS) is 11.2. The Morgan fingerprint density at radius 1 is 1.04 bits per heavy atom. The molecule has 0 saturated heterocycles. The van der Waals surface area contributed by atoms with Crippen molar-refractivity contribution < 1.29 is 0 Å². The zero-order valence-corrected chi connectivity index (χ0v) is 16.2. The second-order valence-electron chi connectivity index (χ2n) is 5.91. The molecule has 2 aromatic carbocycles. The molecule has 0 aliphatic heterocycles. The van der Waals surface area contributed by atoms with E-state index in [1.54, 1.807) is 0 Å². The average molecular weight is 429 g/mol. The molecular formula is C20H20IN3. The second kappa shape index (κ2) is 7.21. The molecule has 0 atom stereocenters. The summed E-state index contributed by atoms with van der Waals surface area (Å²) in [6.45, 7) is 2.11. The summed E-state index contributed by atoms with van der Waals surface area (Å²) < 4.78 is 3.40. The lowest BCUT2D eigenvalue weighted by Gasteiger charge is -2.13. The van der Waals surface area contributed by atoms with E-state index in [-0.39, 0.29) is 0 Å². The van der Waals surface area contributed by atoms with Crippen LogP contribution in [0.3, 0.4) is 0 Å². The van der Waals surface area contributed by atoms with Crippen molar-refractivity contribution in [2.75, 3.05) is 19.0 Å². The Hall–Kier alpha value is -2.08. The number of aromatic nitrogens is 1. The smallest absolute Gasteiger partial charge is 0.0639 e. The van der Waals surface area contributed by atoms with Crippen LogP contribution in [0, 0.1) is 10.5 Å². The highest BCUT2D eigenvalue weighted by molar-refractivity contribution is 14.1. The number of hydrogen-bond acceptors (Lipinski definition) is 2. The van der Waals surface area contributed by atoms with E-state index in [2.05, 4.69) is 92.6 Å². The number of hydrogen-bond donors (Lipinski definition) is 0. The Morgan fingerprint density at radius 3 is 2.46 bits per heavy atom. The predicted octanol–water partition coefficient (Wildman–Crippen LogP) is 5.21. The highest BCUT2D eigenvalue weighted by Gasteiger charge is 2.03. The van der Waals surface area contributed by atoms with Crippen molar-refractivity contribution in [3.8, 4) is 5.69 Å². The fourth-order valence-electron chi connectivity index (χ4n) is 2.50. The van der Waals surface area contributed by atoms with Crippen LogP contribution in [0.25, 0.3) is 5.69 Å². The van der Waals surface area contributed by atoms with Crippen molar-refractivity contribution in [2.24, 2.45) is 4.99 Å². The fraction of sp³-hybridized carbons (Fsp3) is 0.150. The third kappa shape index (κ3) is 3.70. The molecule has 0 bridgehead atoms. The molecular weight excluding hydrogens is 409 g/mol. The summed E-state index contributed by atoms with van der Waals surface area (Å²) in [5.41, 5.74) is 5.61. The minimum absolute atomic E-state index is 0.976. The van der Waals surface area contributed by atoms with Crippen molar-refractivity contribution in [3.05, 3.63) is 75.6 Å². The van der Waals surface area contributed by atoms with Gasteiger partial charge in [-0.1, -0.05) is 0 Å². The molecule has 3 nitrogen and oxygen atoms in total. The molecule has 1 heterocycles. The Balaban J connectivity index is 1.87. The molecule has 0 N–H and O–H groups in total. The van der Waals surface area contributed by atoms with E-state index in [1.165, 1.54) is 14.8 Å². The van der Waals surface area contributed by atoms with E-state index in [0.717, 1.165) is 17.1 Å². The van der Waals surface area contributed by atoms with Gasteiger partial charge in [-0.05, 0) is 89.7 Å². The number of halogens is 1. The standard InChI is InChI=1S/C20H20IN3/c1-15-13-16(6-11-20(15)21)22-14-19-5-4-12-24(19)18-9-7-17(8-10-18)23(2)3/h4-14H,1-3H3. The van der Waals surface area contributed by atoms with E-state index in [4.69, 9.17) is 0 Å². The first-order chi connectivity index (χ1) is 11.5. The predicted molar refractivity (Wildman–Crippen MR) is 111 cm³/mol. The van der Waals surface area contributed by atoms with Crippen LogP contribution in [0.2, 0.25) is 0 Å². The Kier molecular flexibility index (Phi) is 5.04. The molecule has 0 radical (unpaired) electrons. The zero-order chi connectivity index (χ0) is 17.1. The first kappa shape index (κ1) is 16.8. The van der Waals surface area contributed by atoms with Gasteiger partial charge in [0.2, 0.25) is 0 Å². The Morgan fingerprint density at radius 2 is 1.79 bits per heavy atom. The highest BCUT2D eigenvalue weighted by atomic mass is 127. The highest BCUT2D eigenvalue weighted by Crippen LogP contribution is 2.20. The van der Waals surface area contributed by atoms with Crippen LogP contribution < -0.4 is 4.90 Å². The number of aryl methyl sites for hydroxylation is 1. The van der Waals surface area contributed by atoms with E-state index >= 15 is 0 Å². The van der Waals surface area contributed by atoms with Crippen LogP contribution in [0.1, 0.15) is 11.3 Å². The molecule has 0 spiro atoms. The lowest BCUT2D eigenvalue weighted by atomic mass is 10.2. The Bertz CT molecular complexity index is 861. The third-order valence-electron chi connectivity index (χ3n) is 3.91. The number of nitrogens with zero attached hydrogens (tertiary/aromatic N) is 3. The summed E-state index contributed by atoms with van der Waals surface area (Å²) in [4.78, 5) is 6.72. The summed E-state index contributed by atoms with van der Waals surface area (Å²) in [5.74, 6) is 0. The minimum Gasteiger partial charge on any atom is -0.378 e. The number of aliphatic imine (C=N–C) groups is 1. The molecule has 0 aliphatic rings. The van der Waals surface area contributed by atoms with Gasteiger partial charge in [-0.2, -0.15) is 0 Å². The number of benzene rings is 2. The molecule has 24 heavy (non-hydrogen) atoms. The molecule has 3 aromatic rings. The first-order valence-corrected chi connectivity index (χ1v) is 8.88. The third-order valence-corrected chi connectivity index (χ3v) is 5.12. The maximum Gasteiger partial charge on any atom is 0.0639 e. The van der Waals surface area contributed by atoms with Crippen LogP contribution in [-0.4, -0.2) is 24.9 Å². The molecule has 0 unspecified atom stereocenters. The molecule has 0 fully saturated rings. The molecule has 4 heteroatoms. The van der Waals surface area contributed by atoms with Crippen molar-refractivity contribution in [3.63, 3.8) is 0 Å². The van der Waals surface area contributed by atoms with Crippen LogP contribution in [-0.2, 0) is 0 Å². The SMILES string of the molecule is Cc1cc(N=Cc2cccn2-c2ccc(N(C)C)cc2)ccc1I. The van der Waals surface area contributed by atoms with Crippen LogP contribution in [0.5, 0.6) is 0 Å². The maximum atomic E-state index is 4.63. The second-order valence-corrected chi connectivity index (χ2v) is 7.07. The lowest BCUT2D eigenvalue weighted by molar-refractivity contribution is 1.06. The number of rotatable bonds is 4. The van der Waals surface area contributed by atoms with Crippen molar-refractivity contribution in [1.82, 2.24) is 4.57 Å². The fourth-order valence-corrected chi connectivity index (χ4v) is 2.83. The average Bonchev–Trinajstić information content (AvgIpc) is 3.04. The van der Waals surface area contributed by atoms with Gasteiger partial charge < -0.3 is 9.47 Å². The topological polar surface area (TPSA) is 20.5 Å². The van der Waals surface area contributed by atoms with E-state index in [9.17, 15) is 0 Å². The van der Waals surface area contributed by atoms with Gasteiger partial charge in [-0.25, -0.2) is 0 Å². The van der Waals surface area contributed by atoms with Crippen molar-refractivity contribution in [2.45, 2.75) is 6.92 Å². The number of anilines is 1. The monoisotopic (exact) mass is 429 g/mol. The molecule has 1 aromatic heterocycles. The van der Waals surface area contributed by atoms with Gasteiger partial charge in [0.05, 0.1) is 17.6 Å². The largest absolute Gasteiger partial charge is 0.378 e. The quantitative estimate of drug-likeness (QED) is 0.412.